The molecule has 0 aliphatic carbocycles. The molecule has 2 rings (SSSR count). The SMILES string of the molecule is Cc1ccc(Cl)cc1.Cc1ccc(N)cc1C. The molecule has 0 bridgehead atoms. The van der Waals surface area contributed by atoms with Crippen molar-refractivity contribution in [3.8, 4) is 0 Å². The molecule has 0 amide bonds. The lowest BCUT2D eigenvalue weighted by molar-refractivity contribution is 1.34. The highest BCUT2D eigenvalue weighted by atomic mass is 35.5. The van der Waals surface area contributed by atoms with E-state index in [0.717, 1.165) is 10.7 Å². The van der Waals surface area contributed by atoms with Gasteiger partial charge in [0.15, 0.2) is 0 Å². The molecule has 0 heterocycles. The van der Waals surface area contributed by atoms with Crippen LogP contribution in [0, 0.1) is 20.8 Å². The zero-order chi connectivity index (χ0) is 12.8. The predicted octanol–water partition coefficient (Wildman–Crippen LogP) is 4.53. The molecule has 0 aliphatic rings. The molecule has 0 saturated carbocycles. The summed E-state index contributed by atoms with van der Waals surface area (Å²) in [6, 6.07) is 13.7. The van der Waals surface area contributed by atoms with Gasteiger partial charge in [0, 0.05) is 10.7 Å². The van der Waals surface area contributed by atoms with Crippen LogP contribution in [0.5, 0.6) is 0 Å². The summed E-state index contributed by atoms with van der Waals surface area (Å²) in [6.07, 6.45) is 0. The van der Waals surface area contributed by atoms with Crippen LogP contribution < -0.4 is 5.73 Å². The fourth-order valence-corrected chi connectivity index (χ4v) is 1.42. The lowest BCUT2D eigenvalue weighted by Gasteiger charge is -1.98. The van der Waals surface area contributed by atoms with E-state index in [0.29, 0.717) is 0 Å². The van der Waals surface area contributed by atoms with E-state index in [1.54, 1.807) is 0 Å². The van der Waals surface area contributed by atoms with Crippen LogP contribution in [0.1, 0.15) is 16.7 Å². The number of rotatable bonds is 0. The van der Waals surface area contributed by atoms with E-state index in [-0.39, 0.29) is 0 Å². The summed E-state index contributed by atoms with van der Waals surface area (Å²) < 4.78 is 0. The molecule has 0 atom stereocenters. The molecule has 2 aromatic rings. The summed E-state index contributed by atoms with van der Waals surface area (Å²) in [4.78, 5) is 0. The summed E-state index contributed by atoms with van der Waals surface area (Å²) in [7, 11) is 0. The molecule has 2 aromatic carbocycles. The largest absolute Gasteiger partial charge is 0.399 e. The van der Waals surface area contributed by atoms with Gasteiger partial charge in [0.05, 0.1) is 0 Å². The zero-order valence-electron chi connectivity index (χ0n) is 10.5. The molecule has 0 fully saturated rings. The van der Waals surface area contributed by atoms with Gasteiger partial charge in [-0.15, -0.1) is 0 Å². The Labute approximate surface area is 108 Å². The number of halogens is 1. The van der Waals surface area contributed by atoms with Crippen molar-refractivity contribution in [2.45, 2.75) is 20.8 Å². The quantitative estimate of drug-likeness (QED) is 0.680. The Kier molecular flexibility index (Phi) is 5.05. The van der Waals surface area contributed by atoms with Crippen LogP contribution >= 0.6 is 11.6 Å². The van der Waals surface area contributed by atoms with E-state index in [1.807, 2.05) is 49.4 Å². The first-order chi connectivity index (χ1) is 7.99. The third-order valence-electron chi connectivity index (χ3n) is 2.54. The van der Waals surface area contributed by atoms with Gasteiger partial charge in [0.25, 0.3) is 0 Å². The van der Waals surface area contributed by atoms with Gasteiger partial charge in [-0.25, -0.2) is 0 Å². The number of nitrogen functional groups attached to an aromatic ring is 1. The van der Waals surface area contributed by atoms with Gasteiger partial charge in [0.2, 0.25) is 0 Å². The van der Waals surface area contributed by atoms with Crippen LogP contribution in [0.2, 0.25) is 5.02 Å². The molecule has 0 spiro atoms. The second-order valence-electron chi connectivity index (χ2n) is 4.14. The highest BCUT2D eigenvalue weighted by molar-refractivity contribution is 6.30. The summed E-state index contributed by atoms with van der Waals surface area (Å²) in [5, 5.41) is 0.801. The minimum atomic E-state index is 0.801. The first kappa shape index (κ1) is 13.6. The molecule has 0 unspecified atom stereocenters. The number of aryl methyl sites for hydroxylation is 3. The first-order valence-electron chi connectivity index (χ1n) is 5.54. The van der Waals surface area contributed by atoms with Gasteiger partial charge in [-0.3, -0.25) is 0 Å². The van der Waals surface area contributed by atoms with Gasteiger partial charge in [-0.1, -0.05) is 35.4 Å². The van der Waals surface area contributed by atoms with Crippen molar-refractivity contribution in [3.63, 3.8) is 0 Å². The van der Waals surface area contributed by atoms with E-state index >= 15 is 0 Å². The second kappa shape index (κ2) is 6.31. The standard InChI is InChI=1S/C8H11N.C7H7Cl/c1-6-3-4-8(9)5-7(6)2;1-6-2-4-7(8)5-3-6/h3-5H,9H2,1-2H3;2-5H,1H3. The third kappa shape index (κ3) is 4.92. The summed E-state index contributed by atoms with van der Waals surface area (Å²) in [5.41, 5.74) is 10.2. The number of anilines is 1. The Morgan fingerprint density at radius 1 is 0.824 bits per heavy atom. The molecule has 0 aliphatic heterocycles. The molecular weight excluding hydrogens is 230 g/mol. The number of benzene rings is 2. The molecule has 0 radical (unpaired) electrons. The minimum absolute atomic E-state index is 0.801. The van der Waals surface area contributed by atoms with Crippen molar-refractivity contribution in [1.29, 1.82) is 0 Å². The van der Waals surface area contributed by atoms with Crippen molar-refractivity contribution in [1.82, 2.24) is 0 Å². The highest BCUT2D eigenvalue weighted by Crippen LogP contribution is 2.10. The Hall–Kier alpha value is -1.47. The van der Waals surface area contributed by atoms with Gasteiger partial charge in [-0.05, 0) is 56.2 Å². The Balaban J connectivity index is 0.000000171. The molecular formula is C15H18ClN. The zero-order valence-corrected chi connectivity index (χ0v) is 11.3. The number of nitrogens with two attached hydrogens (primary N) is 1. The summed E-state index contributed by atoms with van der Waals surface area (Å²) in [6.45, 7) is 6.18. The Morgan fingerprint density at radius 2 is 1.41 bits per heavy atom. The van der Waals surface area contributed by atoms with Crippen molar-refractivity contribution >= 4 is 17.3 Å². The maximum atomic E-state index is 5.61. The molecule has 1 nitrogen and oxygen atoms in total. The van der Waals surface area contributed by atoms with E-state index < -0.39 is 0 Å². The molecule has 2 heteroatoms. The van der Waals surface area contributed by atoms with Crippen LogP contribution in [0.25, 0.3) is 0 Å². The second-order valence-corrected chi connectivity index (χ2v) is 4.58. The van der Waals surface area contributed by atoms with Crippen molar-refractivity contribution < 1.29 is 0 Å². The fraction of sp³-hybridized carbons (Fsp3) is 0.200. The van der Waals surface area contributed by atoms with Gasteiger partial charge in [-0.2, -0.15) is 0 Å². The minimum Gasteiger partial charge on any atom is -0.399 e. The average Bonchev–Trinajstić information content (AvgIpc) is 2.29. The first-order valence-corrected chi connectivity index (χ1v) is 5.92. The molecule has 17 heavy (non-hydrogen) atoms. The van der Waals surface area contributed by atoms with Crippen LogP contribution in [0.4, 0.5) is 5.69 Å². The highest BCUT2D eigenvalue weighted by Gasteiger charge is 1.89. The third-order valence-corrected chi connectivity index (χ3v) is 2.79. The molecule has 2 N–H and O–H groups in total. The lowest BCUT2D eigenvalue weighted by atomic mass is 10.1. The van der Waals surface area contributed by atoms with E-state index in [4.69, 9.17) is 17.3 Å². The lowest BCUT2D eigenvalue weighted by Crippen LogP contribution is -1.86. The maximum Gasteiger partial charge on any atom is 0.0406 e. The summed E-state index contributed by atoms with van der Waals surface area (Å²) >= 11 is 5.61. The molecule has 0 aromatic heterocycles. The Morgan fingerprint density at radius 3 is 1.82 bits per heavy atom. The van der Waals surface area contributed by atoms with E-state index in [9.17, 15) is 0 Å². The summed E-state index contributed by atoms with van der Waals surface area (Å²) in [5.74, 6) is 0. The van der Waals surface area contributed by atoms with Gasteiger partial charge < -0.3 is 5.73 Å². The van der Waals surface area contributed by atoms with Crippen LogP contribution in [0.3, 0.4) is 0 Å². The van der Waals surface area contributed by atoms with E-state index in [1.165, 1.54) is 16.7 Å². The van der Waals surface area contributed by atoms with Gasteiger partial charge >= 0.3 is 0 Å². The van der Waals surface area contributed by atoms with E-state index in [2.05, 4.69) is 13.8 Å². The molecule has 90 valence electrons. The van der Waals surface area contributed by atoms with Crippen LogP contribution in [-0.4, -0.2) is 0 Å². The van der Waals surface area contributed by atoms with Crippen molar-refractivity contribution in [2.24, 2.45) is 0 Å². The monoisotopic (exact) mass is 247 g/mol. The van der Waals surface area contributed by atoms with Crippen LogP contribution in [-0.2, 0) is 0 Å². The predicted molar refractivity (Wildman–Crippen MR) is 76.5 cm³/mol. The Bertz CT molecular complexity index is 454. The number of hydrogen-bond donors (Lipinski definition) is 1. The smallest absolute Gasteiger partial charge is 0.0406 e. The van der Waals surface area contributed by atoms with Gasteiger partial charge in [0.1, 0.15) is 0 Å². The topological polar surface area (TPSA) is 26.0 Å². The number of hydrogen-bond acceptors (Lipinski definition) is 1. The maximum absolute atomic E-state index is 5.61. The fourth-order valence-electron chi connectivity index (χ4n) is 1.30. The average molecular weight is 248 g/mol. The van der Waals surface area contributed by atoms with Crippen molar-refractivity contribution in [3.05, 3.63) is 64.2 Å². The van der Waals surface area contributed by atoms with Crippen LogP contribution in [0.15, 0.2) is 42.5 Å². The van der Waals surface area contributed by atoms with Crippen molar-refractivity contribution in [2.75, 3.05) is 5.73 Å². The molecule has 0 saturated heterocycles. The normalized spacial score (nSPS) is 9.41.